The highest BCUT2D eigenvalue weighted by Gasteiger charge is 2.47. The molecule has 1 aliphatic heterocycles. The van der Waals surface area contributed by atoms with Crippen LogP contribution in [0, 0.1) is 23.7 Å². The van der Waals surface area contributed by atoms with Crippen LogP contribution in [0.25, 0.3) is 0 Å². The molecule has 10 heteroatoms. The molecule has 3 fully saturated rings. The van der Waals surface area contributed by atoms with Crippen molar-refractivity contribution in [3.63, 3.8) is 0 Å². The van der Waals surface area contributed by atoms with Gasteiger partial charge in [-0.25, -0.2) is 9.59 Å². The van der Waals surface area contributed by atoms with Crippen LogP contribution in [-0.4, -0.2) is 66.3 Å². The molecule has 250 valence electrons. The summed E-state index contributed by atoms with van der Waals surface area (Å²) in [6, 6.07) is 5.77. The lowest BCUT2D eigenvalue weighted by Crippen LogP contribution is -2.50. The quantitative estimate of drug-likeness (QED) is 0.280. The van der Waals surface area contributed by atoms with Gasteiger partial charge in [0.1, 0.15) is 11.6 Å². The zero-order valence-electron chi connectivity index (χ0n) is 27.4. The first-order chi connectivity index (χ1) is 21.5. The van der Waals surface area contributed by atoms with E-state index in [-0.39, 0.29) is 48.6 Å². The minimum atomic E-state index is -0.644. The lowest BCUT2D eigenvalue weighted by Gasteiger charge is -2.37. The maximum absolute atomic E-state index is 14.1. The summed E-state index contributed by atoms with van der Waals surface area (Å²) < 4.78 is 23.9. The molecule has 1 saturated heterocycles. The summed E-state index contributed by atoms with van der Waals surface area (Å²) in [7, 11) is 0. The molecular weight excluding hydrogens is 577 g/mol. The molecule has 1 aromatic carbocycles. The smallest absolute Gasteiger partial charge is 0.407 e. The predicted molar refractivity (Wildman–Crippen MR) is 170 cm³/mol. The highest BCUT2D eigenvalue weighted by Crippen LogP contribution is 2.41. The normalized spacial score (nSPS) is 24.9. The number of carbonyl (C=O) groups excluding carboxylic acids is 4. The lowest BCUT2D eigenvalue weighted by molar-refractivity contribution is -0.142. The van der Waals surface area contributed by atoms with Crippen LogP contribution in [-0.2, 0) is 19.1 Å². The third-order valence-electron chi connectivity index (χ3n) is 9.73. The third kappa shape index (κ3) is 9.42. The number of alkyl halides is 1. The summed E-state index contributed by atoms with van der Waals surface area (Å²) in [5, 5.41) is 5.91. The van der Waals surface area contributed by atoms with Gasteiger partial charge >= 0.3 is 12.1 Å². The summed E-state index contributed by atoms with van der Waals surface area (Å²) in [6.07, 6.45) is 8.81. The third-order valence-corrected chi connectivity index (χ3v) is 9.73. The van der Waals surface area contributed by atoms with Gasteiger partial charge in [0.2, 0.25) is 11.8 Å². The molecule has 0 aromatic heterocycles. The van der Waals surface area contributed by atoms with E-state index in [0.717, 1.165) is 32.1 Å². The Morgan fingerprint density at radius 2 is 1.62 bits per heavy atom. The number of alkyl carbamates (subject to hydrolysis) is 1. The maximum atomic E-state index is 14.1. The van der Waals surface area contributed by atoms with Crippen molar-refractivity contribution >= 4 is 29.6 Å². The van der Waals surface area contributed by atoms with E-state index in [0.29, 0.717) is 49.4 Å². The minimum Gasteiger partial charge on any atom is -0.462 e. The van der Waals surface area contributed by atoms with Crippen molar-refractivity contribution in [2.75, 3.05) is 25.1 Å². The van der Waals surface area contributed by atoms with E-state index >= 15 is 0 Å². The fraction of sp³-hybridized carbons (Fsp3) is 0.714. The van der Waals surface area contributed by atoms with Crippen molar-refractivity contribution in [1.29, 1.82) is 0 Å². The topological polar surface area (TPSA) is 114 Å². The molecule has 3 amide bonds. The van der Waals surface area contributed by atoms with Gasteiger partial charge in [0.25, 0.3) is 0 Å². The van der Waals surface area contributed by atoms with Crippen molar-refractivity contribution in [2.24, 2.45) is 23.7 Å². The molecule has 2 saturated carbocycles. The van der Waals surface area contributed by atoms with Crippen molar-refractivity contribution in [3.05, 3.63) is 29.8 Å². The highest BCUT2D eigenvalue weighted by atomic mass is 19.1. The largest absolute Gasteiger partial charge is 0.462 e. The number of likely N-dealkylation sites (tertiary alicyclic amines) is 1. The molecule has 1 heterocycles. The van der Waals surface area contributed by atoms with E-state index in [1.54, 1.807) is 52.0 Å². The Morgan fingerprint density at radius 1 is 0.956 bits per heavy atom. The Morgan fingerprint density at radius 3 is 2.22 bits per heavy atom. The molecule has 3 aliphatic rings. The Labute approximate surface area is 267 Å². The average molecular weight is 630 g/mol. The van der Waals surface area contributed by atoms with E-state index in [9.17, 15) is 23.6 Å². The van der Waals surface area contributed by atoms with E-state index in [1.165, 1.54) is 6.42 Å². The molecule has 2 aliphatic carbocycles. The number of hydrogen-bond acceptors (Lipinski definition) is 6. The summed E-state index contributed by atoms with van der Waals surface area (Å²) in [6.45, 7) is 7.43. The zero-order valence-corrected chi connectivity index (χ0v) is 27.4. The van der Waals surface area contributed by atoms with E-state index < -0.39 is 30.4 Å². The highest BCUT2D eigenvalue weighted by molar-refractivity contribution is 5.98. The molecule has 0 radical (unpaired) electrons. The van der Waals surface area contributed by atoms with Crippen LogP contribution in [0.3, 0.4) is 0 Å². The van der Waals surface area contributed by atoms with Gasteiger partial charge in [-0.05, 0) is 108 Å². The molecule has 2 N–H and O–H groups in total. The molecule has 0 bridgehead atoms. The fourth-order valence-electron chi connectivity index (χ4n) is 7.58. The number of hydrogen-bond donors (Lipinski definition) is 2. The number of esters is 1. The van der Waals surface area contributed by atoms with Crippen LogP contribution >= 0.6 is 0 Å². The molecule has 9 nitrogen and oxygen atoms in total. The summed E-state index contributed by atoms with van der Waals surface area (Å²) in [5.41, 5.74) is 0.346. The number of anilines is 1. The summed E-state index contributed by atoms with van der Waals surface area (Å²) in [4.78, 5) is 54.3. The van der Waals surface area contributed by atoms with Crippen LogP contribution in [0.4, 0.5) is 14.9 Å². The van der Waals surface area contributed by atoms with Gasteiger partial charge in [0, 0.05) is 24.2 Å². The number of carbonyl (C=O) groups is 4. The van der Waals surface area contributed by atoms with Gasteiger partial charge in [-0.2, -0.15) is 0 Å². The Bertz CT molecular complexity index is 1150. The van der Waals surface area contributed by atoms with E-state index in [4.69, 9.17) is 9.47 Å². The first kappa shape index (κ1) is 34.7. The fourth-order valence-corrected chi connectivity index (χ4v) is 7.58. The number of ether oxygens (including phenoxy) is 2. The predicted octanol–water partition coefficient (Wildman–Crippen LogP) is 6.66. The Kier molecular flexibility index (Phi) is 12.3. The van der Waals surface area contributed by atoms with E-state index in [1.807, 2.05) is 4.90 Å². The first-order valence-electron chi connectivity index (χ1n) is 16.9. The van der Waals surface area contributed by atoms with Crippen molar-refractivity contribution in [3.8, 4) is 0 Å². The van der Waals surface area contributed by atoms with E-state index in [2.05, 4.69) is 10.6 Å². The second-order valence-electron chi connectivity index (χ2n) is 14.0. The number of rotatable bonds is 10. The van der Waals surface area contributed by atoms with Gasteiger partial charge in [-0.3, -0.25) is 14.0 Å². The first-order valence-corrected chi connectivity index (χ1v) is 16.9. The SMILES string of the molecule is CCOC(=O)c1ccc(NC(=O)[C@@H]2[C@H](C3CCCCC3)CCN2C(=O)[C@H]2CC[C@H]([C@@H](CCF)NC(=O)OC(C)(C)C)CC2)cc1. The average Bonchev–Trinajstić information content (AvgIpc) is 3.46. The summed E-state index contributed by atoms with van der Waals surface area (Å²) >= 11 is 0. The minimum absolute atomic E-state index is 0.0201. The number of nitrogens with one attached hydrogen (secondary N) is 2. The molecule has 0 spiro atoms. The number of benzene rings is 1. The van der Waals surface area contributed by atoms with Crippen molar-refractivity contribution in [2.45, 2.75) is 116 Å². The maximum Gasteiger partial charge on any atom is 0.407 e. The van der Waals surface area contributed by atoms with Crippen LogP contribution < -0.4 is 10.6 Å². The van der Waals surface area contributed by atoms with Gasteiger partial charge in [-0.15, -0.1) is 0 Å². The van der Waals surface area contributed by atoms with Crippen LogP contribution in [0.1, 0.15) is 109 Å². The second-order valence-corrected chi connectivity index (χ2v) is 14.0. The number of nitrogens with zero attached hydrogens (tertiary/aromatic N) is 1. The molecular formula is C35H52FN3O6. The summed E-state index contributed by atoms with van der Waals surface area (Å²) in [5.74, 6) is -0.205. The lowest BCUT2D eigenvalue weighted by atomic mass is 9.75. The van der Waals surface area contributed by atoms with Gasteiger partial charge in [-0.1, -0.05) is 32.1 Å². The van der Waals surface area contributed by atoms with Crippen molar-refractivity contribution in [1.82, 2.24) is 10.2 Å². The van der Waals surface area contributed by atoms with Crippen LogP contribution in [0.2, 0.25) is 0 Å². The monoisotopic (exact) mass is 629 g/mol. The molecule has 4 rings (SSSR count). The number of amides is 3. The Hall–Kier alpha value is -3.17. The second kappa shape index (κ2) is 15.9. The molecule has 0 unspecified atom stereocenters. The Balaban J connectivity index is 1.43. The van der Waals surface area contributed by atoms with Gasteiger partial charge < -0.3 is 25.0 Å². The molecule has 45 heavy (non-hydrogen) atoms. The molecule has 3 atom stereocenters. The molecule has 1 aromatic rings. The standard InChI is InChI=1S/C35H52FN3O6/c1-5-44-33(42)26-15-17-27(18-16-26)37-31(40)30-28(23-9-7-6-8-10-23)20-22-39(30)32(41)25-13-11-24(12-14-25)29(19-21-36)38-34(43)45-35(2,3)4/h15-18,23-25,28-30H,5-14,19-22H2,1-4H3,(H,37,40)(H,38,43)/t24-,25-,28-,29+,30-/m0/s1. The number of halogens is 1. The van der Waals surface area contributed by atoms with Crippen LogP contribution in [0.15, 0.2) is 24.3 Å². The van der Waals surface area contributed by atoms with Crippen LogP contribution in [0.5, 0.6) is 0 Å². The van der Waals surface area contributed by atoms with Crippen molar-refractivity contribution < 1.29 is 33.0 Å². The van der Waals surface area contributed by atoms with Gasteiger partial charge in [0.05, 0.1) is 18.8 Å². The zero-order chi connectivity index (χ0) is 32.6. The van der Waals surface area contributed by atoms with Gasteiger partial charge in [0.15, 0.2) is 0 Å².